The normalized spacial score (nSPS) is 12.5. The number of rotatable bonds is 6. The van der Waals surface area contributed by atoms with Crippen molar-refractivity contribution in [3.8, 4) is 0 Å². The van der Waals surface area contributed by atoms with Crippen LogP contribution < -0.4 is 5.90 Å². The highest BCUT2D eigenvalue weighted by Crippen LogP contribution is 2.31. The number of nitrogens with two attached hydrogens (primary N) is 1. The van der Waals surface area contributed by atoms with E-state index in [0.717, 1.165) is 18.4 Å². The Morgan fingerprint density at radius 3 is 2.32 bits per heavy atom. The second kappa shape index (κ2) is 9.05. The summed E-state index contributed by atoms with van der Waals surface area (Å²) in [7, 11) is 2.54. The maximum atomic E-state index is 13.1. The topological polar surface area (TPSA) is 83.1 Å². The molecule has 2 aromatic carbocycles. The Balaban J connectivity index is 2.69. The van der Waals surface area contributed by atoms with E-state index in [0.29, 0.717) is 11.1 Å². The van der Waals surface area contributed by atoms with Crippen LogP contribution in [0.1, 0.15) is 22.3 Å². The van der Waals surface area contributed by atoms with Crippen LogP contribution in [0.2, 0.25) is 0 Å². The summed E-state index contributed by atoms with van der Waals surface area (Å²) in [6.45, 7) is 0. The molecule has 2 aromatic rings. The molecule has 0 radical (unpaired) electrons. The molecule has 0 atom stereocenters. The smallest absolute Gasteiger partial charge is 0.416 e. The molecule has 0 aliphatic carbocycles. The first-order chi connectivity index (χ1) is 13.3. The van der Waals surface area contributed by atoms with Gasteiger partial charge in [-0.25, -0.2) is 4.79 Å². The molecule has 0 aliphatic heterocycles. The van der Waals surface area contributed by atoms with E-state index in [1.165, 1.54) is 26.4 Å². The number of hydrogen-bond acceptors (Lipinski definition) is 6. The van der Waals surface area contributed by atoms with Gasteiger partial charge in [0, 0.05) is 16.7 Å². The molecule has 0 saturated carbocycles. The van der Waals surface area contributed by atoms with Crippen molar-refractivity contribution in [2.75, 3.05) is 14.2 Å². The van der Waals surface area contributed by atoms with Crippen LogP contribution in [0.4, 0.5) is 13.2 Å². The zero-order chi connectivity index (χ0) is 20.7. The molecule has 0 aromatic heterocycles. The maximum Gasteiger partial charge on any atom is 0.416 e. The first-order valence-corrected chi connectivity index (χ1v) is 7.86. The lowest BCUT2D eigenvalue weighted by Gasteiger charge is -2.14. The molecule has 0 unspecified atom stereocenters. The number of ether oxygens (including phenoxy) is 2. The summed E-state index contributed by atoms with van der Waals surface area (Å²) in [5.74, 6) is 4.36. The van der Waals surface area contributed by atoms with Gasteiger partial charge in [0.15, 0.2) is 0 Å². The molecule has 0 amide bonds. The molecular weight excluding hydrogens is 377 g/mol. The quantitative estimate of drug-likeness (QED) is 0.267. The highest BCUT2D eigenvalue weighted by Gasteiger charge is 2.31. The van der Waals surface area contributed by atoms with Crippen LogP contribution >= 0.6 is 0 Å². The molecule has 0 bridgehead atoms. The number of esters is 1. The molecule has 0 aliphatic rings. The average Bonchev–Trinajstić information content (AvgIpc) is 2.69. The Morgan fingerprint density at radius 2 is 1.75 bits per heavy atom. The predicted molar refractivity (Wildman–Crippen MR) is 95.8 cm³/mol. The monoisotopic (exact) mass is 394 g/mol. The van der Waals surface area contributed by atoms with E-state index in [2.05, 4.69) is 10.1 Å². The van der Waals surface area contributed by atoms with Crippen molar-refractivity contribution in [3.63, 3.8) is 0 Å². The number of carbonyl (C=O) groups is 1. The van der Waals surface area contributed by atoms with Gasteiger partial charge in [-0.15, -0.1) is 5.90 Å². The molecule has 28 heavy (non-hydrogen) atoms. The molecule has 0 heterocycles. The van der Waals surface area contributed by atoms with Gasteiger partial charge in [-0.1, -0.05) is 41.6 Å². The number of oxime groups is 1. The van der Waals surface area contributed by atoms with Crippen LogP contribution in [0.5, 0.6) is 0 Å². The maximum absolute atomic E-state index is 13.1. The molecular formula is C19H17F3N2O4. The van der Waals surface area contributed by atoms with Crippen molar-refractivity contribution in [3.05, 3.63) is 77.0 Å². The number of benzene rings is 2. The predicted octanol–water partition coefficient (Wildman–Crippen LogP) is 3.51. The van der Waals surface area contributed by atoms with Crippen molar-refractivity contribution in [1.29, 1.82) is 0 Å². The van der Waals surface area contributed by atoms with Crippen LogP contribution in [0.25, 0.3) is 5.57 Å². The number of methoxy groups -OCH3 is 2. The fourth-order valence-corrected chi connectivity index (χ4v) is 2.53. The van der Waals surface area contributed by atoms with E-state index in [9.17, 15) is 18.0 Å². The highest BCUT2D eigenvalue weighted by molar-refractivity contribution is 6.22. The SMILES string of the molecule is COC=C(C(=O)OC)c1ccccc1C(=NON)c1cccc(C(F)(F)F)c1. The van der Waals surface area contributed by atoms with Crippen LogP contribution in [-0.4, -0.2) is 25.9 Å². The molecule has 0 saturated heterocycles. The summed E-state index contributed by atoms with van der Waals surface area (Å²) >= 11 is 0. The van der Waals surface area contributed by atoms with Gasteiger partial charge in [-0.05, 0) is 12.1 Å². The summed E-state index contributed by atoms with van der Waals surface area (Å²) in [5, 5.41) is 3.68. The van der Waals surface area contributed by atoms with Gasteiger partial charge in [-0.2, -0.15) is 13.2 Å². The lowest BCUT2D eigenvalue weighted by molar-refractivity contribution is -0.137. The van der Waals surface area contributed by atoms with Gasteiger partial charge in [-0.3, -0.25) is 0 Å². The summed E-state index contributed by atoms with van der Waals surface area (Å²) < 4.78 is 49.0. The Labute approximate surface area is 158 Å². The lowest BCUT2D eigenvalue weighted by Crippen LogP contribution is -2.14. The molecule has 0 fully saturated rings. The van der Waals surface area contributed by atoms with Gasteiger partial charge in [0.1, 0.15) is 11.3 Å². The second-order valence-electron chi connectivity index (χ2n) is 5.43. The summed E-state index contributed by atoms with van der Waals surface area (Å²) in [4.78, 5) is 16.5. The Morgan fingerprint density at radius 1 is 1.07 bits per heavy atom. The third kappa shape index (κ3) is 4.68. The van der Waals surface area contributed by atoms with E-state index in [-0.39, 0.29) is 16.8 Å². The minimum absolute atomic E-state index is 0.00453. The largest absolute Gasteiger partial charge is 0.503 e. The molecule has 9 heteroatoms. The van der Waals surface area contributed by atoms with Crippen molar-refractivity contribution >= 4 is 17.3 Å². The second-order valence-corrected chi connectivity index (χ2v) is 5.43. The Bertz CT molecular complexity index is 908. The van der Waals surface area contributed by atoms with Gasteiger partial charge in [0.25, 0.3) is 0 Å². The first-order valence-electron chi connectivity index (χ1n) is 7.86. The zero-order valence-corrected chi connectivity index (χ0v) is 15.0. The fourth-order valence-electron chi connectivity index (χ4n) is 2.53. The number of alkyl halides is 3. The standard InChI is InChI=1S/C19H17F3N2O4/c1-26-11-16(18(25)27-2)14-8-3-4-9-15(14)17(24-28-23)12-6-5-7-13(10-12)19(20,21)22/h3-11H,23H2,1-2H3. The summed E-state index contributed by atoms with van der Waals surface area (Å²) in [6.07, 6.45) is -3.38. The summed E-state index contributed by atoms with van der Waals surface area (Å²) in [6, 6.07) is 10.9. The van der Waals surface area contributed by atoms with Gasteiger partial charge < -0.3 is 14.4 Å². The van der Waals surface area contributed by atoms with Crippen molar-refractivity contribution < 1.29 is 32.4 Å². The lowest BCUT2D eigenvalue weighted by atomic mass is 9.93. The van der Waals surface area contributed by atoms with Crippen molar-refractivity contribution in [2.24, 2.45) is 11.1 Å². The molecule has 148 valence electrons. The summed E-state index contributed by atoms with van der Waals surface area (Å²) in [5.41, 5.74) is -0.139. The zero-order valence-electron chi connectivity index (χ0n) is 15.0. The molecule has 0 spiro atoms. The van der Waals surface area contributed by atoms with Gasteiger partial charge in [0.05, 0.1) is 26.0 Å². The average molecular weight is 394 g/mol. The van der Waals surface area contributed by atoms with Crippen LogP contribution in [-0.2, 0) is 25.4 Å². The van der Waals surface area contributed by atoms with E-state index >= 15 is 0 Å². The van der Waals surface area contributed by atoms with E-state index in [1.54, 1.807) is 24.3 Å². The Kier molecular flexibility index (Phi) is 6.78. The minimum atomic E-state index is -4.54. The van der Waals surface area contributed by atoms with Gasteiger partial charge in [0.2, 0.25) is 0 Å². The first kappa shape index (κ1) is 21.0. The molecule has 6 nitrogen and oxygen atoms in total. The fraction of sp³-hybridized carbons (Fsp3) is 0.158. The number of nitrogens with zero attached hydrogens (tertiary/aromatic N) is 1. The molecule has 2 rings (SSSR count). The number of halogens is 3. The van der Waals surface area contributed by atoms with Crippen LogP contribution in [0.3, 0.4) is 0 Å². The number of carbonyl (C=O) groups excluding carboxylic acids is 1. The third-order valence-corrected chi connectivity index (χ3v) is 3.72. The molecule has 2 N–H and O–H groups in total. The number of hydrogen-bond donors (Lipinski definition) is 1. The highest BCUT2D eigenvalue weighted by atomic mass is 19.4. The van der Waals surface area contributed by atoms with E-state index in [4.69, 9.17) is 15.4 Å². The van der Waals surface area contributed by atoms with E-state index in [1.807, 2.05) is 0 Å². The van der Waals surface area contributed by atoms with Crippen LogP contribution in [0.15, 0.2) is 59.9 Å². The van der Waals surface area contributed by atoms with E-state index < -0.39 is 17.7 Å². The van der Waals surface area contributed by atoms with Gasteiger partial charge >= 0.3 is 12.1 Å². The minimum Gasteiger partial charge on any atom is -0.503 e. The van der Waals surface area contributed by atoms with Crippen molar-refractivity contribution in [2.45, 2.75) is 6.18 Å². The third-order valence-electron chi connectivity index (χ3n) is 3.72. The van der Waals surface area contributed by atoms with Crippen LogP contribution in [0, 0.1) is 0 Å². The Hall–Kier alpha value is -3.33. The van der Waals surface area contributed by atoms with Crippen molar-refractivity contribution in [1.82, 2.24) is 0 Å².